The Labute approximate surface area is 199 Å². The van der Waals surface area contributed by atoms with Gasteiger partial charge in [-0.15, -0.1) is 0 Å². The van der Waals surface area contributed by atoms with Gasteiger partial charge in [0.25, 0.3) is 5.91 Å². The number of rotatable bonds is 4. The summed E-state index contributed by atoms with van der Waals surface area (Å²) in [5.74, 6) is -0.896. The van der Waals surface area contributed by atoms with Crippen LogP contribution in [0.15, 0.2) is 41.6 Å². The first-order valence-corrected chi connectivity index (χ1v) is 11.8. The first kappa shape index (κ1) is 25.2. The van der Waals surface area contributed by atoms with Crippen molar-refractivity contribution in [1.29, 1.82) is 0 Å². The molecule has 2 aliphatic rings. The Morgan fingerprint density at radius 1 is 1.21 bits per heavy atom. The standard InChI is InChI=1S/C26H32N2O6/c1-19-10-6-3-2-4-7-11-22(27-33-18-24(31)28-12-8-5-9-13-28)14-20-15-23(30)16-21(17-29)25(20)26(32)34-19/h3,6-7,11,15-17,19,30H,2,4-5,8-10,12-14,18H2,1H3/b6-3+,11-7+,27-22-/t19-/m1/s1. The molecule has 1 fully saturated rings. The number of aromatic hydroxyl groups is 1. The fourth-order valence-corrected chi connectivity index (χ4v) is 4.02. The van der Waals surface area contributed by atoms with Crippen LogP contribution in [0.5, 0.6) is 5.75 Å². The van der Waals surface area contributed by atoms with Crippen LogP contribution in [0.25, 0.3) is 0 Å². The Balaban J connectivity index is 1.87. The maximum absolute atomic E-state index is 12.9. The molecule has 1 amide bonds. The van der Waals surface area contributed by atoms with E-state index in [0.29, 0.717) is 24.0 Å². The van der Waals surface area contributed by atoms with E-state index in [1.807, 2.05) is 18.2 Å². The number of hydrogen-bond acceptors (Lipinski definition) is 7. The van der Waals surface area contributed by atoms with E-state index in [4.69, 9.17) is 9.57 Å². The minimum absolute atomic E-state index is 0.0411. The van der Waals surface area contributed by atoms with Gasteiger partial charge in [-0.25, -0.2) is 4.79 Å². The Morgan fingerprint density at radius 3 is 2.74 bits per heavy atom. The van der Waals surface area contributed by atoms with Gasteiger partial charge in [0, 0.05) is 31.5 Å². The Morgan fingerprint density at radius 2 is 1.97 bits per heavy atom. The summed E-state index contributed by atoms with van der Waals surface area (Å²) < 4.78 is 5.55. The molecule has 0 aliphatic carbocycles. The lowest BCUT2D eigenvalue weighted by Crippen LogP contribution is -2.37. The summed E-state index contributed by atoms with van der Waals surface area (Å²) in [6, 6.07) is 2.66. The third-order valence-corrected chi connectivity index (χ3v) is 5.77. The summed E-state index contributed by atoms with van der Waals surface area (Å²) in [7, 11) is 0. The highest BCUT2D eigenvalue weighted by atomic mass is 16.6. The molecule has 8 nitrogen and oxygen atoms in total. The van der Waals surface area contributed by atoms with E-state index >= 15 is 0 Å². The minimum atomic E-state index is -0.639. The molecule has 0 radical (unpaired) electrons. The highest BCUT2D eigenvalue weighted by Gasteiger charge is 2.22. The zero-order valence-corrected chi connectivity index (χ0v) is 19.6. The molecule has 1 saturated heterocycles. The molecule has 1 aromatic rings. The van der Waals surface area contributed by atoms with E-state index in [-0.39, 0.29) is 41.9 Å². The van der Waals surface area contributed by atoms with Crippen LogP contribution in [0.1, 0.15) is 71.7 Å². The molecular formula is C26H32N2O6. The number of hydrogen-bond donors (Lipinski definition) is 1. The van der Waals surface area contributed by atoms with Crippen molar-refractivity contribution < 1.29 is 29.1 Å². The molecule has 1 N–H and O–H groups in total. The summed E-state index contributed by atoms with van der Waals surface area (Å²) >= 11 is 0. The van der Waals surface area contributed by atoms with Crippen LogP contribution in [0.2, 0.25) is 0 Å². The number of carbonyl (C=O) groups is 3. The molecule has 8 heteroatoms. The number of nitrogens with zero attached hydrogens (tertiary/aromatic N) is 2. The number of fused-ring (bicyclic) bond motifs is 1. The van der Waals surface area contributed by atoms with E-state index in [0.717, 1.165) is 45.2 Å². The zero-order chi connectivity index (χ0) is 24.3. The van der Waals surface area contributed by atoms with Gasteiger partial charge in [0.15, 0.2) is 12.9 Å². The highest BCUT2D eigenvalue weighted by molar-refractivity contribution is 6.03. The van der Waals surface area contributed by atoms with E-state index in [2.05, 4.69) is 5.16 Å². The number of allylic oxidation sites excluding steroid dienone is 3. The van der Waals surface area contributed by atoms with Gasteiger partial charge in [0.1, 0.15) is 11.9 Å². The predicted octanol–water partition coefficient (Wildman–Crippen LogP) is 3.97. The molecule has 1 aromatic carbocycles. The van der Waals surface area contributed by atoms with E-state index in [1.54, 1.807) is 17.9 Å². The Bertz CT molecular complexity index is 976. The van der Waals surface area contributed by atoms with Crippen molar-refractivity contribution in [2.75, 3.05) is 19.7 Å². The van der Waals surface area contributed by atoms with Gasteiger partial charge in [-0.2, -0.15) is 0 Å². The second kappa shape index (κ2) is 12.7. The molecule has 0 saturated carbocycles. The first-order valence-electron chi connectivity index (χ1n) is 11.8. The summed E-state index contributed by atoms with van der Waals surface area (Å²) in [4.78, 5) is 44.2. The van der Waals surface area contributed by atoms with Crippen LogP contribution in [-0.2, 0) is 20.8 Å². The molecule has 182 valence electrons. The topological polar surface area (TPSA) is 105 Å². The third kappa shape index (κ3) is 7.30. The monoisotopic (exact) mass is 468 g/mol. The van der Waals surface area contributed by atoms with Crippen molar-refractivity contribution in [3.8, 4) is 5.75 Å². The quantitative estimate of drug-likeness (QED) is 0.310. The van der Waals surface area contributed by atoms with Crippen LogP contribution in [0.4, 0.5) is 0 Å². The lowest BCUT2D eigenvalue weighted by molar-refractivity contribution is -0.137. The maximum Gasteiger partial charge on any atom is 0.339 e. The zero-order valence-electron chi connectivity index (χ0n) is 19.6. The van der Waals surface area contributed by atoms with Crippen molar-refractivity contribution in [2.45, 2.75) is 58.0 Å². The summed E-state index contributed by atoms with van der Waals surface area (Å²) in [6.45, 7) is 3.07. The third-order valence-electron chi connectivity index (χ3n) is 5.77. The predicted molar refractivity (Wildman–Crippen MR) is 128 cm³/mol. The van der Waals surface area contributed by atoms with Gasteiger partial charge in [0.05, 0.1) is 11.3 Å². The van der Waals surface area contributed by atoms with E-state index in [1.165, 1.54) is 12.1 Å². The number of ether oxygens (including phenoxy) is 1. The fourth-order valence-electron chi connectivity index (χ4n) is 4.02. The van der Waals surface area contributed by atoms with Crippen LogP contribution in [-0.4, -0.2) is 59.7 Å². The van der Waals surface area contributed by atoms with E-state index < -0.39 is 5.97 Å². The van der Waals surface area contributed by atoms with E-state index in [9.17, 15) is 19.5 Å². The molecule has 2 aliphatic heterocycles. The molecule has 1 atom stereocenters. The van der Waals surface area contributed by atoms with Crippen molar-refractivity contribution in [3.63, 3.8) is 0 Å². The number of carbonyl (C=O) groups excluding carboxylic acids is 3. The molecule has 34 heavy (non-hydrogen) atoms. The molecule has 0 bridgehead atoms. The number of benzene rings is 1. The lowest BCUT2D eigenvalue weighted by atomic mass is 9.96. The number of amides is 1. The number of cyclic esters (lactones) is 1. The molecule has 2 heterocycles. The number of aldehydes is 1. The normalized spacial score (nSPS) is 22.7. The molecule has 0 unspecified atom stereocenters. The van der Waals surface area contributed by atoms with Crippen molar-refractivity contribution in [1.82, 2.24) is 4.90 Å². The van der Waals surface area contributed by atoms with Gasteiger partial charge in [-0.1, -0.05) is 23.4 Å². The largest absolute Gasteiger partial charge is 0.508 e. The minimum Gasteiger partial charge on any atom is -0.508 e. The summed E-state index contributed by atoms with van der Waals surface area (Å²) in [5.41, 5.74) is 0.976. The van der Waals surface area contributed by atoms with Gasteiger partial charge in [0.2, 0.25) is 0 Å². The number of phenolic OH excluding ortho intramolecular Hbond substituents is 1. The SMILES string of the molecule is C[C@@H]1C/C=C/CC/C=C/C(=N/OCC(=O)N2CCCCC2)Cc2cc(O)cc(C=O)c2C(=O)O1. The summed E-state index contributed by atoms with van der Waals surface area (Å²) in [6.07, 6.45) is 13.2. The molecular weight excluding hydrogens is 436 g/mol. The Hall–Kier alpha value is -3.42. The second-order valence-electron chi connectivity index (χ2n) is 8.56. The number of likely N-dealkylation sites (tertiary alicyclic amines) is 1. The molecule has 3 rings (SSSR count). The molecule has 0 aromatic heterocycles. The average molecular weight is 469 g/mol. The Kier molecular flexibility index (Phi) is 9.43. The van der Waals surface area contributed by atoms with Gasteiger partial charge in [-0.3, -0.25) is 9.59 Å². The van der Waals surface area contributed by atoms with Gasteiger partial charge >= 0.3 is 5.97 Å². The second-order valence-corrected chi connectivity index (χ2v) is 8.56. The highest BCUT2D eigenvalue weighted by Crippen LogP contribution is 2.24. The fraction of sp³-hybridized carbons (Fsp3) is 0.462. The van der Waals surface area contributed by atoms with Crippen LogP contribution >= 0.6 is 0 Å². The average Bonchev–Trinajstić information content (AvgIpc) is 2.82. The summed E-state index contributed by atoms with van der Waals surface area (Å²) in [5, 5.41) is 14.3. The maximum atomic E-state index is 12.9. The number of piperidine rings is 1. The van der Waals surface area contributed by atoms with Crippen molar-refractivity contribution in [2.24, 2.45) is 5.16 Å². The molecule has 0 spiro atoms. The van der Waals surface area contributed by atoms with Crippen LogP contribution in [0.3, 0.4) is 0 Å². The van der Waals surface area contributed by atoms with Gasteiger partial charge < -0.3 is 19.6 Å². The van der Waals surface area contributed by atoms with Crippen LogP contribution in [0, 0.1) is 0 Å². The lowest BCUT2D eigenvalue weighted by Gasteiger charge is -2.26. The van der Waals surface area contributed by atoms with Crippen molar-refractivity contribution >= 4 is 23.9 Å². The smallest absolute Gasteiger partial charge is 0.339 e. The van der Waals surface area contributed by atoms with Crippen LogP contribution < -0.4 is 0 Å². The van der Waals surface area contributed by atoms with Gasteiger partial charge in [-0.05, 0) is 62.8 Å². The number of esters is 1. The number of oxime groups is 1. The van der Waals surface area contributed by atoms with Crippen molar-refractivity contribution in [3.05, 3.63) is 53.1 Å². The number of phenols is 1. The first-order chi connectivity index (χ1) is 16.5.